The molecule has 0 bridgehead atoms. The molecule has 0 spiro atoms. The lowest BCUT2D eigenvalue weighted by Gasteiger charge is -2.34. The number of nitrogens with one attached hydrogen (secondary N) is 1. The lowest BCUT2D eigenvalue weighted by molar-refractivity contribution is -0.140. The van der Waals surface area contributed by atoms with Crippen molar-refractivity contribution in [3.63, 3.8) is 0 Å². The molecule has 1 aliphatic carbocycles. The van der Waals surface area contributed by atoms with Crippen LogP contribution in [0.2, 0.25) is 5.02 Å². The number of para-hydroxylation sites is 1. The van der Waals surface area contributed by atoms with Crippen molar-refractivity contribution in [2.75, 3.05) is 10.8 Å². The van der Waals surface area contributed by atoms with Gasteiger partial charge in [-0.25, -0.2) is 8.42 Å². The minimum absolute atomic E-state index is 0.0390. The molecule has 2 amide bonds. The van der Waals surface area contributed by atoms with Crippen molar-refractivity contribution in [2.45, 2.75) is 69.0 Å². The molecule has 0 aliphatic heterocycles. The fraction of sp³-hybridized carbons (Fsp3) is 0.297. The van der Waals surface area contributed by atoms with Crippen LogP contribution in [0.25, 0.3) is 0 Å². The summed E-state index contributed by atoms with van der Waals surface area (Å²) in [7, 11) is -4.19. The van der Waals surface area contributed by atoms with Crippen LogP contribution in [0.3, 0.4) is 0 Å². The van der Waals surface area contributed by atoms with Gasteiger partial charge in [0.15, 0.2) is 0 Å². The molecule has 1 fully saturated rings. The Bertz CT molecular complexity index is 1730. The number of carbonyl (C=O) groups excluding carboxylic acids is 2. The Kier molecular flexibility index (Phi) is 11.6. The van der Waals surface area contributed by atoms with Gasteiger partial charge in [-0.15, -0.1) is 0 Å². The number of rotatable bonds is 13. The minimum atomic E-state index is -4.19. The lowest BCUT2D eigenvalue weighted by atomic mass is 9.95. The van der Waals surface area contributed by atoms with E-state index >= 15 is 0 Å². The molecule has 0 heterocycles. The average Bonchev–Trinajstić information content (AvgIpc) is 3.09. The van der Waals surface area contributed by atoms with Gasteiger partial charge in [-0.2, -0.15) is 0 Å². The molecule has 0 aromatic heterocycles. The summed E-state index contributed by atoms with van der Waals surface area (Å²) in [5, 5.41) is 3.62. The SMILES string of the molecule is CCC(C(=O)NC1CCCCC1)N(Cc1ccccc1Cl)C(=O)CN(c1ccc(Oc2ccccc2)cc1)S(=O)(=O)c1ccccc1. The summed E-state index contributed by atoms with van der Waals surface area (Å²) in [5.74, 6) is 0.366. The summed E-state index contributed by atoms with van der Waals surface area (Å²) in [6.07, 6.45) is 5.37. The van der Waals surface area contributed by atoms with E-state index in [0.29, 0.717) is 28.5 Å². The van der Waals surface area contributed by atoms with Crippen molar-refractivity contribution < 1.29 is 22.7 Å². The topological polar surface area (TPSA) is 96.0 Å². The predicted octanol–water partition coefficient (Wildman–Crippen LogP) is 7.58. The largest absolute Gasteiger partial charge is 0.457 e. The molecular weight excluding hydrogens is 634 g/mol. The summed E-state index contributed by atoms with van der Waals surface area (Å²) < 4.78 is 35.3. The van der Waals surface area contributed by atoms with E-state index in [0.717, 1.165) is 36.4 Å². The normalized spacial score (nSPS) is 14.2. The van der Waals surface area contributed by atoms with Crippen molar-refractivity contribution in [3.8, 4) is 11.5 Å². The van der Waals surface area contributed by atoms with Crippen molar-refractivity contribution in [1.82, 2.24) is 10.2 Å². The molecule has 5 rings (SSSR count). The Labute approximate surface area is 282 Å². The summed E-state index contributed by atoms with van der Waals surface area (Å²) in [6, 6.07) is 30.1. The van der Waals surface area contributed by atoms with Gasteiger partial charge in [-0.3, -0.25) is 13.9 Å². The molecule has 0 saturated heterocycles. The maximum Gasteiger partial charge on any atom is 0.264 e. The van der Waals surface area contributed by atoms with Gasteiger partial charge in [-0.05, 0) is 79.4 Å². The van der Waals surface area contributed by atoms with Crippen LogP contribution in [0.4, 0.5) is 5.69 Å². The van der Waals surface area contributed by atoms with Crippen molar-refractivity contribution >= 4 is 39.1 Å². The summed E-state index contributed by atoms with van der Waals surface area (Å²) in [4.78, 5) is 29.6. The molecule has 4 aromatic rings. The third kappa shape index (κ3) is 8.73. The molecule has 246 valence electrons. The number of hydrogen-bond acceptors (Lipinski definition) is 5. The fourth-order valence-corrected chi connectivity index (χ4v) is 7.46. The quantitative estimate of drug-likeness (QED) is 0.158. The zero-order valence-electron chi connectivity index (χ0n) is 26.4. The number of anilines is 1. The molecule has 47 heavy (non-hydrogen) atoms. The second-order valence-corrected chi connectivity index (χ2v) is 13.9. The van der Waals surface area contributed by atoms with Gasteiger partial charge in [0.2, 0.25) is 11.8 Å². The Morgan fingerprint density at radius 3 is 2.06 bits per heavy atom. The molecule has 1 saturated carbocycles. The maximum atomic E-state index is 14.4. The molecule has 1 atom stereocenters. The van der Waals surface area contributed by atoms with Gasteiger partial charge in [0.05, 0.1) is 10.6 Å². The van der Waals surface area contributed by atoms with E-state index in [1.807, 2.05) is 43.3 Å². The highest BCUT2D eigenvalue weighted by Gasteiger charge is 2.34. The average molecular weight is 674 g/mol. The zero-order valence-corrected chi connectivity index (χ0v) is 28.0. The first kappa shape index (κ1) is 34.0. The summed E-state index contributed by atoms with van der Waals surface area (Å²) in [5.41, 5.74) is 0.936. The molecule has 4 aromatic carbocycles. The van der Waals surface area contributed by atoms with Gasteiger partial charge < -0.3 is 15.0 Å². The number of hydrogen-bond donors (Lipinski definition) is 1. The van der Waals surface area contributed by atoms with Gasteiger partial charge in [0, 0.05) is 17.6 Å². The molecule has 1 unspecified atom stereocenters. The first-order valence-electron chi connectivity index (χ1n) is 16.0. The number of amides is 2. The van der Waals surface area contributed by atoms with E-state index in [1.165, 1.54) is 17.0 Å². The van der Waals surface area contributed by atoms with Crippen LogP contribution in [0, 0.1) is 0 Å². The Balaban J connectivity index is 1.48. The van der Waals surface area contributed by atoms with Crippen molar-refractivity contribution in [3.05, 3.63) is 120 Å². The van der Waals surface area contributed by atoms with Crippen LogP contribution in [0.5, 0.6) is 11.5 Å². The molecule has 0 radical (unpaired) electrons. The lowest BCUT2D eigenvalue weighted by Crippen LogP contribution is -2.54. The second kappa shape index (κ2) is 16.0. The summed E-state index contributed by atoms with van der Waals surface area (Å²) >= 11 is 6.53. The molecule has 1 aliphatic rings. The van der Waals surface area contributed by atoms with E-state index < -0.39 is 28.5 Å². The number of nitrogens with zero attached hydrogens (tertiary/aromatic N) is 2. The van der Waals surface area contributed by atoms with Crippen LogP contribution in [0.15, 0.2) is 114 Å². The Morgan fingerprint density at radius 1 is 0.830 bits per heavy atom. The minimum Gasteiger partial charge on any atom is -0.457 e. The molecule has 8 nitrogen and oxygen atoms in total. The zero-order chi connectivity index (χ0) is 33.2. The highest BCUT2D eigenvalue weighted by Crippen LogP contribution is 2.29. The van der Waals surface area contributed by atoms with E-state index in [4.69, 9.17) is 16.3 Å². The van der Waals surface area contributed by atoms with E-state index in [1.54, 1.807) is 60.7 Å². The van der Waals surface area contributed by atoms with Crippen LogP contribution >= 0.6 is 11.6 Å². The molecule has 10 heteroatoms. The maximum absolute atomic E-state index is 14.4. The predicted molar refractivity (Wildman–Crippen MR) is 185 cm³/mol. The van der Waals surface area contributed by atoms with Crippen molar-refractivity contribution in [2.24, 2.45) is 0 Å². The standard InChI is InChI=1S/C37H40ClN3O5S/c1-2-35(37(43)39-29-15-6-3-7-16-29)40(26-28-14-12-13-21-34(28)38)36(42)27-41(47(44,45)33-19-10-5-11-20-33)30-22-24-32(25-23-30)46-31-17-8-4-9-18-31/h4-5,8-14,17-25,29,35H,2-3,6-7,15-16,26-27H2,1H3,(H,39,43). The van der Waals surface area contributed by atoms with Gasteiger partial charge in [-0.1, -0.05) is 92.4 Å². The van der Waals surface area contributed by atoms with Crippen LogP contribution < -0.4 is 14.4 Å². The fourth-order valence-electron chi connectivity index (χ4n) is 5.83. The van der Waals surface area contributed by atoms with Crippen LogP contribution in [-0.4, -0.2) is 43.8 Å². The first-order valence-corrected chi connectivity index (χ1v) is 17.8. The number of carbonyl (C=O) groups is 2. The van der Waals surface area contributed by atoms with Gasteiger partial charge in [0.1, 0.15) is 24.1 Å². The van der Waals surface area contributed by atoms with Crippen LogP contribution in [0.1, 0.15) is 51.0 Å². The molecular formula is C37H40ClN3O5S. The second-order valence-electron chi connectivity index (χ2n) is 11.6. The van der Waals surface area contributed by atoms with Gasteiger partial charge in [0.25, 0.3) is 10.0 Å². The number of halogens is 1. The van der Waals surface area contributed by atoms with Crippen LogP contribution in [-0.2, 0) is 26.2 Å². The smallest absolute Gasteiger partial charge is 0.264 e. The number of sulfonamides is 1. The van der Waals surface area contributed by atoms with Gasteiger partial charge >= 0.3 is 0 Å². The highest BCUT2D eigenvalue weighted by atomic mass is 35.5. The third-order valence-corrected chi connectivity index (χ3v) is 10.5. The van der Waals surface area contributed by atoms with Crippen molar-refractivity contribution in [1.29, 1.82) is 0 Å². The highest BCUT2D eigenvalue weighted by molar-refractivity contribution is 7.92. The first-order chi connectivity index (χ1) is 22.8. The summed E-state index contributed by atoms with van der Waals surface area (Å²) in [6.45, 7) is 1.36. The monoisotopic (exact) mass is 673 g/mol. The third-order valence-electron chi connectivity index (χ3n) is 8.35. The Morgan fingerprint density at radius 2 is 1.43 bits per heavy atom. The number of benzene rings is 4. The van der Waals surface area contributed by atoms with E-state index in [-0.39, 0.29) is 29.1 Å². The number of ether oxygens (including phenoxy) is 1. The molecule has 1 N–H and O–H groups in total. The Hall–Kier alpha value is -4.34. The van der Waals surface area contributed by atoms with E-state index in [2.05, 4.69) is 5.32 Å². The van der Waals surface area contributed by atoms with E-state index in [9.17, 15) is 18.0 Å².